The Labute approximate surface area is 120 Å². The van der Waals surface area contributed by atoms with Gasteiger partial charge in [0.25, 0.3) is 0 Å². The highest BCUT2D eigenvalue weighted by Crippen LogP contribution is 2.39. The molecule has 0 aliphatic carbocycles. The van der Waals surface area contributed by atoms with Crippen LogP contribution in [0.3, 0.4) is 0 Å². The standard InChI is InChI=1S/C17H23N3/c1-20-8-6-12(7-9-20)14-10-18-11-16-17(14)13-4-2-3-5-15(13)19-16/h2-5,12,14,18-19H,6-11H2,1H3. The molecule has 1 unspecified atom stereocenters. The van der Waals surface area contributed by atoms with Crippen LogP contribution >= 0.6 is 0 Å². The Balaban J connectivity index is 1.73. The molecule has 4 rings (SSSR count). The van der Waals surface area contributed by atoms with Crippen molar-refractivity contribution in [2.24, 2.45) is 5.92 Å². The van der Waals surface area contributed by atoms with E-state index >= 15 is 0 Å². The number of benzene rings is 1. The lowest BCUT2D eigenvalue weighted by atomic mass is 9.77. The van der Waals surface area contributed by atoms with Gasteiger partial charge in [0.2, 0.25) is 0 Å². The highest BCUT2D eigenvalue weighted by Gasteiger charge is 2.32. The smallest absolute Gasteiger partial charge is 0.0459 e. The Morgan fingerprint density at radius 2 is 1.95 bits per heavy atom. The molecule has 106 valence electrons. The van der Waals surface area contributed by atoms with Crippen molar-refractivity contribution in [3.8, 4) is 0 Å². The lowest BCUT2D eigenvalue weighted by Crippen LogP contribution is -2.38. The molecule has 1 fully saturated rings. The van der Waals surface area contributed by atoms with E-state index in [-0.39, 0.29) is 0 Å². The number of piperidine rings is 1. The second-order valence-corrected chi connectivity index (χ2v) is 6.44. The number of fused-ring (bicyclic) bond motifs is 3. The number of aromatic nitrogens is 1. The van der Waals surface area contributed by atoms with Gasteiger partial charge in [-0.15, -0.1) is 0 Å². The summed E-state index contributed by atoms with van der Waals surface area (Å²) in [5.41, 5.74) is 4.33. The average molecular weight is 269 g/mol. The van der Waals surface area contributed by atoms with Gasteiger partial charge < -0.3 is 15.2 Å². The summed E-state index contributed by atoms with van der Waals surface area (Å²) in [6.45, 7) is 4.63. The first-order valence-electron chi connectivity index (χ1n) is 7.81. The average Bonchev–Trinajstić information content (AvgIpc) is 2.86. The lowest BCUT2D eigenvalue weighted by Gasteiger charge is -2.36. The van der Waals surface area contributed by atoms with Crippen molar-refractivity contribution in [1.82, 2.24) is 15.2 Å². The molecule has 2 N–H and O–H groups in total. The molecule has 20 heavy (non-hydrogen) atoms. The number of likely N-dealkylation sites (tertiary alicyclic amines) is 1. The zero-order valence-corrected chi connectivity index (χ0v) is 12.2. The molecule has 1 aromatic heterocycles. The van der Waals surface area contributed by atoms with Crippen LogP contribution in [0.4, 0.5) is 0 Å². The van der Waals surface area contributed by atoms with E-state index < -0.39 is 0 Å². The number of rotatable bonds is 1. The van der Waals surface area contributed by atoms with Gasteiger partial charge in [-0.25, -0.2) is 0 Å². The van der Waals surface area contributed by atoms with Crippen LogP contribution in [-0.2, 0) is 6.54 Å². The maximum Gasteiger partial charge on any atom is 0.0459 e. The fourth-order valence-electron chi connectivity index (χ4n) is 4.07. The number of nitrogens with one attached hydrogen (secondary N) is 2. The predicted octanol–water partition coefficient (Wildman–Crippen LogP) is 2.70. The van der Waals surface area contributed by atoms with Gasteiger partial charge in [-0.1, -0.05) is 18.2 Å². The van der Waals surface area contributed by atoms with Crippen LogP contribution in [-0.4, -0.2) is 36.6 Å². The summed E-state index contributed by atoms with van der Waals surface area (Å²) < 4.78 is 0. The van der Waals surface area contributed by atoms with Crippen molar-refractivity contribution in [3.05, 3.63) is 35.5 Å². The van der Waals surface area contributed by atoms with Gasteiger partial charge in [-0.2, -0.15) is 0 Å². The summed E-state index contributed by atoms with van der Waals surface area (Å²) in [6, 6.07) is 8.80. The van der Waals surface area contributed by atoms with E-state index in [0.29, 0.717) is 5.92 Å². The lowest BCUT2D eigenvalue weighted by molar-refractivity contribution is 0.193. The Bertz CT molecular complexity index is 608. The summed E-state index contributed by atoms with van der Waals surface area (Å²) in [4.78, 5) is 6.08. The molecule has 1 atom stereocenters. The van der Waals surface area contributed by atoms with Gasteiger partial charge in [-0.05, 0) is 50.5 Å². The topological polar surface area (TPSA) is 31.1 Å². The van der Waals surface area contributed by atoms with Crippen LogP contribution in [0.1, 0.15) is 30.0 Å². The van der Waals surface area contributed by atoms with Gasteiger partial charge in [0.15, 0.2) is 0 Å². The van der Waals surface area contributed by atoms with E-state index in [4.69, 9.17) is 0 Å². The zero-order valence-electron chi connectivity index (χ0n) is 12.2. The van der Waals surface area contributed by atoms with Crippen molar-refractivity contribution >= 4 is 10.9 Å². The van der Waals surface area contributed by atoms with Crippen molar-refractivity contribution < 1.29 is 0 Å². The fraction of sp³-hybridized carbons (Fsp3) is 0.529. The summed E-state index contributed by atoms with van der Waals surface area (Å²) in [5, 5.41) is 5.07. The van der Waals surface area contributed by atoms with E-state index in [0.717, 1.165) is 19.0 Å². The molecule has 2 aliphatic heterocycles. The summed E-state index contributed by atoms with van der Waals surface area (Å²) in [7, 11) is 2.24. The summed E-state index contributed by atoms with van der Waals surface area (Å²) in [6.07, 6.45) is 2.67. The van der Waals surface area contributed by atoms with Crippen LogP contribution in [0.5, 0.6) is 0 Å². The highest BCUT2D eigenvalue weighted by molar-refractivity contribution is 5.85. The maximum atomic E-state index is 3.62. The molecular formula is C17H23N3. The third kappa shape index (κ3) is 1.97. The monoisotopic (exact) mass is 269 g/mol. The number of hydrogen-bond acceptors (Lipinski definition) is 2. The molecule has 0 radical (unpaired) electrons. The molecule has 0 bridgehead atoms. The molecule has 2 aromatic rings. The van der Waals surface area contributed by atoms with Crippen molar-refractivity contribution in [1.29, 1.82) is 0 Å². The second-order valence-electron chi connectivity index (χ2n) is 6.44. The minimum atomic E-state index is 0.684. The van der Waals surface area contributed by atoms with Gasteiger partial charge in [0, 0.05) is 35.6 Å². The number of aromatic amines is 1. The molecule has 3 nitrogen and oxygen atoms in total. The van der Waals surface area contributed by atoms with Crippen molar-refractivity contribution in [2.45, 2.75) is 25.3 Å². The Kier molecular flexibility index (Phi) is 3.04. The maximum absolute atomic E-state index is 3.62. The van der Waals surface area contributed by atoms with Gasteiger partial charge in [0.05, 0.1) is 0 Å². The zero-order chi connectivity index (χ0) is 13.5. The summed E-state index contributed by atoms with van der Waals surface area (Å²) in [5.74, 6) is 1.51. The SMILES string of the molecule is CN1CCC(C2CNCc3[nH]c4ccccc4c32)CC1. The molecule has 0 amide bonds. The van der Waals surface area contributed by atoms with E-state index in [9.17, 15) is 0 Å². The Morgan fingerprint density at radius 3 is 2.80 bits per heavy atom. The van der Waals surface area contributed by atoms with Crippen LogP contribution in [0.25, 0.3) is 10.9 Å². The minimum absolute atomic E-state index is 0.684. The minimum Gasteiger partial charge on any atom is -0.357 e. The molecule has 3 heterocycles. The Morgan fingerprint density at radius 1 is 1.15 bits per heavy atom. The highest BCUT2D eigenvalue weighted by atomic mass is 15.1. The van der Waals surface area contributed by atoms with Crippen molar-refractivity contribution in [2.75, 3.05) is 26.7 Å². The number of H-pyrrole nitrogens is 1. The molecular weight excluding hydrogens is 246 g/mol. The van der Waals surface area contributed by atoms with E-state index in [1.165, 1.54) is 42.5 Å². The van der Waals surface area contributed by atoms with Crippen LogP contribution in [0.2, 0.25) is 0 Å². The van der Waals surface area contributed by atoms with Gasteiger partial charge >= 0.3 is 0 Å². The van der Waals surface area contributed by atoms with Crippen molar-refractivity contribution in [3.63, 3.8) is 0 Å². The molecule has 0 saturated carbocycles. The third-order valence-corrected chi connectivity index (χ3v) is 5.20. The van der Waals surface area contributed by atoms with Gasteiger partial charge in [0.1, 0.15) is 0 Å². The van der Waals surface area contributed by atoms with Gasteiger partial charge in [-0.3, -0.25) is 0 Å². The normalized spacial score (nSPS) is 24.9. The largest absolute Gasteiger partial charge is 0.357 e. The van der Waals surface area contributed by atoms with E-state index in [1.54, 1.807) is 5.56 Å². The molecule has 2 aliphatic rings. The number of para-hydroxylation sites is 1. The van der Waals surface area contributed by atoms with Crippen LogP contribution < -0.4 is 5.32 Å². The first-order chi connectivity index (χ1) is 9.83. The van der Waals surface area contributed by atoms with E-state index in [2.05, 4.69) is 46.5 Å². The number of hydrogen-bond donors (Lipinski definition) is 2. The first-order valence-corrected chi connectivity index (χ1v) is 7.81. The molecule has 0 spiro atoms. The fourth-order valence-corrected chi connectivity index (χ4v) is 4.07. The number of nitrogens with zero attached hydrogens (tertiary/aromatic N) is 1. The third-order valence-electron chi connectivity index (χ3n) is 5.20. The molecule has 1 aromatic carbocycles. The second kappa shape index (κ2) is 4.90. The molecule has 3 heteroatoms. The van der Waals surface area contributed by atoms with Crippen LogP contribution in [0, 0.1) is 5.92 Å². The quantitative estimate of drug-likeness (QED) is 0.834. The van der Waals surface area contributed by atoms with Crippen LogP contribution in [0.15, 0.2) is 24.3 Å². The first kappa shape index (κ1) is 12.4. The molecule has 1 saturated heterocycles. The van der Waals surface area contributed by atoms with E-state index in [1.807, 2.05) is 0 Å². The predicted molar refractivity (Wildman–Crippen MR) is 83.0 cm³/mol. The summed E-state index contributed by atoms with van der Waals surface area (Å²) >= 11 is 0. The Hall–Kier alpha value is -1.32.